The van der Waals surface area contributed by atoms with Gasteiger partial charge < -0.3 is 10.5 Å². The molecule has 0 bridgehead atoms. The zero-order chi connectivity index (χ0) is 12.7. The van der Waals surface area contributed by atoms with Gasteiger partial charge in [-0.15, -0.1) is 0 Å². The number of hydrogen-bond donors (Lipinski definition) is 2. The summed E-state index contributed by atoms with van der Waals surface area (Å²) in [7, 11) is 0. The summed E-state index contributed by atoms with van der Waals surface area (Å²) in [6.07, 6.45) is -0.0729. The second-order valence-electron chi connectivity index (χ2n) is 3.42. The van der Waals surface area contributed by atoms with Gasteiger partial charge in [-0.3, -0.25) is 13.1 Å². The lowest BCUT2D eigenvalue weighted by molar-refractivity contribution is -0.147. The first kappa shape index (κ1) is 13.9. The monoisotopic (exact) mass is 348 g/mol. The summed E-state index contributed by atoms with van der Waals surface area (Å²) < 4.78 is 7.36. The topological polar surface area (TPSA) is 81.4 Å². The summed E-state index contributed by atoms with van der Waals surface area (Å²) in [5.41, 5.74) is 6.40. The van der Waals surface area contributed by atoms with E-state index in [4.69, 9.17) is 10.5 Å². The Balaban J connectivity index is 2.37. The number of esters is 1. The van der Waals surface area contributed by atoms with Gasteiger partial charge in [0, 0.05) is 0 Å². The van der Waals surface area contributed by atoms with Gasteiger partial charge >= 0.3 is 5.97 Å². The zero-order valence-electron chi connectivity index (χ0n) is 9.06. The van der Waals surface area contributed by atoms with Crippen LogP contribution in [-0.2, 0) is 20.9 Å². The maximum absolute atomic E-state index is 11.4. The Bertz CT molecular complexity index is 384. The second kappa shape index (κ2) is 7.23. The average molecular weight is 348 g/mol. The largest absolute Gasteiger partial charge is 0.460 e. The Morgan fingerprint density at radius 3 is 2.59 bits per heavy atom. The van der Waals surface area contributed by atoms with Crippen LogP contribution in [0.15, 0.2) is 30.3 Å². The molecule has 0 aliphatic carbocycles. The lowest BCUT2D eigenvalue weighted by Gasteiger charge is -2.10. The number of halogens is 1. The summed E-state index contributed by atoms with van der Waals surface area (Å²) in [4.78, 5) is 22.4. The summed E-state index contributed by atoms with van der Waals surface area (Å²) >= 11 is 1.69. The van der Waals surface area contributed by atoms with Gasteiger partial charge in [0.05, 0.1) is 29.3 Å². The average Bonchev–Trinajstić information content (AvgIpc) is 2.36. The van der Waals surface area contributed by atoms with Gasteiger partial charge in [-0.2, -0.15) is 0 Å². The van der Waals surface area contributed by atoms with Crippen LogP contribution in [0.4, 0.5) is 0 Å². The Labute approximate surface area is 113 Å². The van der Waals surface area contributed by atoms with E-state index in [1.54, 1.807) is 22.9 Å². The molecule has 17 heavy (non-hydrogen) atoms. The number of benzene rings is 1. The SMILES string of the molecule is N[C@@H](CC(=O)NI)C(=O)OCc1ccccc1. The molecule has 1 aromatic rings. The van der Waals surface area contributed by atoms with E-state index in [1.807, 2.05) is 30.3 Å². The maximum Gasteiger partial charge on any atom is 0.323 e. The Morgan fingerprint density at radius 1 is 1.35 bits per heavy atom. The van der Waals surface area contributed by atoms with Crippen LogP contribution >= 0.6 is 22.9 Å². The predicted molar refractivity (Wildman–Crippen MR) is 71.0 cm³/mol. The van der Waals surface area contributed by atoms with Crippen LogP contribution < -0.4 is 9.26 Å². The van der Waals surface area contributed by atoms with Crippen molar-refractivity contribution < 1.29 is 14.3 Å². The van der Waals surface area contributed by atoms with Crippen LogP contribution in [0.25, 0.3) is 0 Å². The maximum atomic E-state index is 11.4. The molecule has 92 valence electrons. The van der Waals surface area contributed by atoms with Crippen molar-refractivity contribution in [1.82, 2.24) is 3.53 Å². The lowest BCUT2D eigenvalue weighted by Crippen LogP contribution is -2.36. The van der Waals surface area contributed by atoms with Gasteiger partial charge in [-0.05, 0) is 5.56 Å². The van der Waals surface area contributed by atoms with Crippen LogP contribution in [0.1, 0.15) is 12.0 Å². The smallest absolute Gasteiger partial charge is 0.323 e. The highest BCUT2D eigenvalue weighted by molar-refractivity contribution is 14.1. The second-order valence-corrected chi connectivity index (χ2v) is 3.96. The van der Waals surface area contributed by atoms with Gasteiger partial charge in [-0.25, -0.2) is 0 Å². The highest BCUT2D eigenvalue weighted by atomic mass is 127. The molecule has 0 radical (unpaired) electrons. The fourth-order valence-corrected chi connectivity index (χ4v) is 1.38. The molecule has 0 aromatic heterocycles. The quantitative estimate of drug-likeness (QED) is 0.471. The summed E-state index contributed by atoms with van der Waals surface area (Å²) in [5.74, 6) is -0.872. The van der Waals surface area contributed by atoms with Crippen LogP contribution in [0.2, 0.25) is 0 Å². The molecule has 0 aliphatic heterocycles. The van der Waals surface area contributed by atoms with Crippen LogP contribution in [0.3, 0.4) is 0 Å². The molecule has 5 nitrogen and oxygen atoms in total. The number of rotatable bonds is 5. The van der Waals surface area contributed by atoms with Crippen molar-refractivity contribution in [2.75, 3.05) is 0 Å². The third-order valence-electron chi connectivity index (χ3n) is 2.04. The third kappa shape index (κ3) is 5.14. The molecule has 1 rings (SSSR count). The van der Waals surface area contributed by atoms with Crippen LogP contribution in [0, 0.1) is 0 Å². The molecule has 0 aliphatic rings. The molecule has 1 amide bonds. The molecule has 3 N–H and O–H groups in total. The van der Waals surface area contributed by atoms with Gasteiger partial charge in [0.15, 0.2) is 0 Å². The number of hydrogen-bond acceptors (Lipinski definition) is 4. The van der Waals surface area contributed by atoms with E-state index in [1.165, 1.54) is 0 Å². The molecule has 1 atom stereocenters. The van der Waals surface area contributed by atoms with Gasteiger partial charge in [0.25, 0.3) is 0 Å². The normalized spacial score (nSPS) is 11.6. The Morgan fingerprint density at radius 2 is 2.00 bits per heavy atom. The van der Waals surface area contributed by atoms with E-state index in [2.05, 4.69) is 3.53 Å². The van der Waals surface area contributed by atoms with Gasteiger partial charge in [0.2, 0.25) is 5.91 Å². The number of amides is 1. The summed E-state index contributed by atoms with van der Waals surface area (Å²) in [6.45, 7) is 0.166. The van der Waals surface area contributed by atoms with Crippen molar-refractivity contribution in [3.05, 3.63) is 35.9 Å². The molecule has 0 saturated carbocycles. The highest BCUT2D eigenvalue weighted by Gasteiger charge is 2.18. The molecule has 0 heterocycles. The molecular formula is C11H13IN2O3. The Kier molecular flexibility index (Phi) is 5.92. The van der Waals surface area contributed by atoms with E-state index >= 15 is 0 Å². The van der Waals surface area contributed by atoms with E-state index in [0.717, 1.165) is 5.56 Å². The third-order valence-corrected chi connectivity index (χ3v) is 2.64. The molecule has 1 aromatic carbocycles. The number of nitrogens with one attached hydrogen (secondary N) is 1. The van der Waals surface area contributed by atoms with E-state index in [9.17, 15) is 9.59 Å². The van der Waals surface area contributed by atoms with Crippen molar-refractivity contribution in [3.63, 3.8) is 0 Å². The highest BCUT2D eigenvalue weighted by Crippen LogP contribution is 2.02. The predicted octanol–water partition coefficient (Wildman–Crippen LogP) is 0.913. The summed E-state index contributed by atoms with van der Waals surface area (Å²) in [6, 6.07) is 8.35. The fraction of sp³-hybridized carbons (Fsp3) is 0.273. The number of carbonyl (C=O) groups is 2. The van der Waals surface area contributed by atoms with Gasteiger partial charge in [0.1, 0.15) is 12.6 Å². The first-order chi connectivity index (χ1) is 8.13. The van der Waals surface area contributed by atoms with Crippen molar-refractivity contribution in [1.29, 1.82) is 0 Å². The van der Waals surface area contributed by atoms with Crippen molar-refractivity contribution in [3.8, 4) is 0 Å². The number of nitrogens with two attached hydrogens (primary N) is 1. The number of ether oxygens (including phenoxy) is 1. The van der Waals surface area contributed by atoms with E-state index in [-0.39, 0.29) is 18.9 Å². The van der Waals surface area contributed by atoms with Gasteiger partial charge in [-0.1, -0.05) is 30.3 Å². The molecule has 6 heteroatoms. The Hall–Kier alpha value is -1.15. The minimum absolute atomic E-state index is 0.0729. The van der Waals surface area contributed by atoms with Crippen molar-refractivity contribution >= 4 is 34.7 Å². The zero-order valence-corrected chi connectivity index (χ0v) is 11.2. The minimum Gasteiger partial charge on any atom is -0.460 e. The molecule has 0 unspecified atom stereocenters. The first-order valence-corrected chi connectivity index (χ1v) is 6.07. The molecule has 0 fully saturated rings. The van der Waals surface area contributed by atoms with Crippen LogP contribution in [-0.4, -0.2) is 17.9 Å². The first-order valence-electron chi connectivity index (χ1n) is 4.99. The minimum atomic E-state index is -0.923. The van der Waals surface area contributed by atoms with E-state index in [0.29, 0.717) is 0 Å². The lowest BCUT2D eigenvalue weighted by atomic mass is 10.2. The molecular weight excluding hydrogens is 335 g/mol. The molecule has 0 saturated heterocycles. The standard InChI is InChI=1S/C11H13IN2O3/c12-14-10(15)6-9(13)11(16)17-7-8-4-2-1-3-5-8/h1-5,9H,6-7,13H2,(H,14,15)/t9-/m0/s1. The summed E-state index contributed by atoms with van der Waals surface area (Å²) in [5, 5.41) is 0. The van der Waals surface area contributed by atoms with Crippen molar-refractivity contribution in [2.24, 2.45) is 5.73 Å². The van der Waals surface area contributed by atoms with E-state index < -0.39 is 12.0 Å². The van der Waals surface area contributed by atoms with Crippen LogP contribution in [0.5, 0.6) is 0 Å². The molecule has 0 spiro atoms. The number of carbonyl (C=O) groups excluding carboxylic acids is 2. The fourth-order valence-electron chi connectivity index (χ4n) is 1.16. The van der Waals surface area contributed by atoms with Crippen molar-refractivity contribution in [2.45, 2.75) is 19.1 Å².